The minimum absolute atomic E-state index is 0.211. The highest BCUT2D eigenvalue weighted by Gasteiger charge is 2.51. The summed E-state index contributed by atoms with van der Waals surface area (Å²) in [5.41, 5.74) is 0. The van der Waals surface area contributed by atoms with Crippen molar-refractivity contribution in [3.05, 3.63) is 12.2 Å². The molecule has 2 saturated heterocycles. The molecular formula is C61H117NO13. The predicted octanol–water partition coefficient (Wildman–Crippen LogP) is 11.1. The maximum atomic E-state index is 13.3. The molecule has 75 heavy (non-hydrogen) atoms. The van der Waals surface area contributed by atoms with Crippen molar-refractivity contribution in [2.75, 3.05) is 19.8 Å². The lowest BCUT2D eigenvalue weighted by atomic mass is 9.97. The van der Waals surface area contributed by atoms with Gasteiger partial charge in [0.15, 0.2) is 12.6 Å². The number of allylic oxidation sites excluding steroid dienone is 2. The molecule has 0 aromatic rings. The second-order valence-electron chi connectivity index (χ2n) is 22.5. The fraction of sp³-hybridized carbons (Fsp3) is 0.951. The molecule has 14 heteroatoms. The lowest BCUT2D eigenvalue weighted by molar-refractivity contribution is -0.359. The zero-order chi connectivity index (χ0) is 54.6. The zero-order valence-electron chi connectivity index (χ0n) is 47.8. The minimum Gasteiger partial charge on any atom is -0.394 e. The molecule has 14 nitrogen and oxygen atoms in total. The number of aliphatic hydroxyl groups excluding tert-OH is 8. The van der Waals surface area contributed by atoms with Crippen LogP contribution in [0.1, 0.15) is 277 Å². The van der Waals surface area contributed by atoms with Gasteiger partial charge in [-0.2, -0.15) is 0 Å². The normalized spacial score (nSPS) is 25.0. The lowest BCUT2D eigenvalue weighted by Crippen LogP contribution is -2.65. The highest BCUT2D eigenvalue weighted by Crippen LogP contribution is 2.30. The standard InChI is InChI=1S/C61H117NO13/c1-3-5-7-9-11-13-15-17-19-20-21-22-23-24-25-26-27-28-29-31-32-34-36-38-40-42-44-50(65)49(62-53(66)45-43-41-39-37-35-33-30-18-16-14-12-10-8-6-4-2)48-72-60-58(71)56(69)59(52(47-64)74-60)75-61-57(70)55(68)54(67)51(46-63)73-61/h18,30,49-52,54-61,63-65,67-71H,3-17,19-29,31-48H2,1-2H3,(H,62,66)/b30-18-. The summed E-state index contributed by atoms with van der Waals surface area (Å²) in [5, 5.41) is 87.3. The predicted molar refractivity (Wildman–Crippen MR) is 300 cm³/mol. The van der Waals surface area contributed by atoms with E-state index in [9.17, 15) is 45.6 Å². The number of rotatable bonds is 51. The molecule has 0 aromatic carbocycles. The molecule has 0 aromatic heterocycles. The van der Waals surface area contributed by atoms with Gasteiger partial charge >= 0.3 is 0 Å². The molecule has 12 atom stereocenters. The van der Waals surface area contributed by atoms with Crippen LogP contribution in [-0.4, -0.2) is 140 Å². The van der Waals surface area contributed by atoms with Gasteiger partial charge in [0.2, 0.25) is 5.91 Å². The summed E-state index contributed by atoms with van der Waals surface area (Å²) >= 11 is 0. The zero-order valence-corrected chi connectivity index (χ0v) is 47.8. The van der Waals surface area contributed by atoms with E-state index < -0.39 is 86.8 Å². The molecule has 0 saturated carbocycles. The van der Waals surface area contributed by atoms with E-state index in [0.29, 0.717) is 19.3 Å². The van der Waals surface area contributed by atoms with Crippen LogP contribution < -0.4 is 5.32 Å². The third kappa shape index (κ3) is 33.2. The Balaban J connectivity index is 1.70. The first-order valence-corrected chi connectivity index (χ1v) is 31.4. The van der Waals surface area contributed by atoms with Gasteiger partial charge in [-0.15, -0.1) is 0 Å². The molecule has 12 unspecified atom stereocenters. The summed E-state index contributed by atoms with van der Waals surface area (Å²) in [6.07, 6.45) is 37.9. The van der Waals surface area contributed by atoms with Crippen LogP contribution in [0.15, 0.2) is 12.2 Å². The van der Waals surface area contributed by atoms with Crippen molar-refractivity contribution in [1.29, 1.82) is 0 Å². The molecule has 2 aliphatic rings. The van der Waals surface area contributed by atoms with Crippen molar-refractivity contribution < 1.29 is 64.6 Å². The molecule has 2 aliphatic heterocycles. The minimum atomic E-state index is -1.78. The van der Waals surface area contributed by atoms with Crippen molar-refractivity contribution in [3.63, 3.8) is 0 Å². The number of aliphatic hydroxyl groups is 8. The third-order valence-electron chi connectivity index (χ3n) is 15.7. The van der Waals surface area contributed by atoms with Crippen molar-refractivity contribution >= 4 is 5.91 Å². The van der Waals surface area contributed by atoms with Gasteiger partial charge in [0, 0.05) is 6.42 Å². The molecule has 0 aliphatic carbocycles. The number of nitrogens with one attached hydrogen (secondary N) is 1. The molecule has 1 amide bonds. The molecular weight excluding hydrogens is 955 g/mol. The molecule has 2 fully saturated rings. The highest BCUT2D eigenvalue weighted by molar-refractivity contribution is 5.76. The molecule has 0 bridgehead atoms. The Morgan fingerprint density at radius 1 is 0.467 bits per heavy atom. The number of ether oxygens (including phenoxy) is 4. The fourth-order valence-electron chi connectivity index (χ4n) is 10.6. The number of hydrogen-bond acceptors (Lipinski definition) is 13. The van der Waals surface area contributed by atoms with Crippen molar-refractivity contribution in [3.8, 4) is 0 Å². The van der Waals surface area contributed by atoms with Crippen molar-refractivity contribution in [2.24, 2.45) is 0 Å². The number of carbonyl (C=O) groups is 1. The van der Waals surface area contributed by atoms with Crippen molar-refractivity contribution in [2.45, 2.75) is 351 Å². The van der Waals surface area contributed by atoms with E-state index in [2.05, 4.69) is 31.3 Å². The van der Waals surface area contributed by atoms with E-state index in [1.165, 1.54) is 180 Å². The average Bonchev–Trinajstić information content (AvgIpc) is 3.41. The maximum Gasteiger partial charge on any atom is 0.220 e. The van der Waals surface area contributed by atoms with E-state index in [-0.39, 0.29) is 12.5 Å². The van der Waals surface area contributed by atoms with Crippen LogP contribution in [0.25, 0.3) is 0 Å². The number of hydrogen-bond donors (Lipinski definition) is 9. The van der Waals surface area contributed by atoms with Crippen LogP contribution in [0.3, 0.4) is 0 Å². The molecule has 444 valence electrons. The summed E-state index contributed by atoms with van der Waals surface area (Å²) in [6.45, 7) is 2.88. The van der Waals surface area contributed by atoms with E-state index in [1.807, 2.05) is 0 Å². The SMILES string of the molecule is CCCCCCCC/C=C\CCCCCCCC(=O)NC(COC1OC(CO)C(OC2OC(CO)C(O)C(O)C2O)C(O)C1O)C(O)CCCCCCCCCCCCCCCCCCCCCCCCCCCC. The topological polar surface area (TPSA) is 228 Å². The quantitative estimate of drug-likeness (QED) is 0.0204. The summed E-state index contributed by atoms with van der Waals surface area (Å²) in [6, 6.07) is -0.830. The Kier molecular flexibility index (Phi) is 44.3. The van der Waals surface area contributed by atoms with Gasteiger partial charge in [0.25, 0.3) is 0 Å². The summed E-state index contributed by atoms with van der Waals surface area (Å²) in [7, 11) is 0. The van der Waals surface area contributed by atoms with Crippen molar-refractivity contribution in [1.82, 2.24) is 5.32 Å². The largest absolute Gasteiger partial charge is 0.394 e. The second kappa shape index (κ2) is 47.5. The van der Waals surface area contributed by atoms with Crippen LogP contribution in [0.5, 0.6) is 0 Å². The summed E-state index contributed by atoms with van der Waals surface area (Å²) < 4.78 is 22.8. The maximum absolute atomic E-state index is 13.3. The van der Waals surface area contributed by atoms with Crippen LogP contribution in [0.2, 0.25) is 0 Å². The van der Waals surface area contributed by atoms with E-state index >= 15 is 0 Å². The van der Waals surface area contributed by atoms with E-state index in [0.717, 1.165) is 64.2 Å². The van der Waals surface area contributed by atoms with Gasteiger partial charge < -0.3 is 65.1 Å². The Morgan fingerprint density at radius 2 is 0.840 bits per heavy atom. The molecule has 0 radical (unpaired) electrons. The first-order chi connectivity index (χ1) is 36.6. The van der Waals surface area contributed by atoms with Gasteiger partial charge in [-0.25, -0.2) is 0 Å². The summed E-state index contributed by atoms with van der Waals surface area (Å²) in [4.78, 5) is 13.3. The van der Waals surface area contributed by atoms with Gasteiger partial charge in [0.1, 0.15) is 48.8 Å². The second-order valence-corrected chi connectivity index (χ2v) is 22.5. The fourth-order valence-corrected chi connectivity index (χ4v) is 10.6. The smallest absolute Gasteiger partial charge is 0.220 e. The number of amides is 1. The molecule has 9 N–H and O–H groups in total. The van der Waals surface area contributed by atoms with Gasteiger partial charge in [-0.1, -0.05) is 244 Å². The van der Waals surface area contributed by atoms with Crippen LogP contribution >= 0.6 is 0 Å². The van der Waals surface area contributed by atoms with Gasteiger partial charge in [-0.05, 0) is 38.5 Å². The monoisotopic (exact) mass is 1070 g/mol. The lowest BCUT2D eigenvalue weighted by Gasteiger charge is -2.46. The van der Waals surface area contributed by atoms with Crippen LogP contribution in [0, 0.1) is 0 Å². The Bertz CT molecular complexity index is 1310. The third-order valence-corrected chi connectivity index (χ3v) is 15.7. The van der Waals surface area contributed by atoms with Gasteiger partial charge in [-0.3, -0.25) is 4.79 Å². The molecule has 0 spiro atoms. The number of unbranched alkanes of at least 4 members (excludes halogenated alkanes) is 36. The Labute approximate surface area is 456 Å². The summed E-state index contributed by atoms with van der Waals surface area (Å²) in [5.74, 6) is -0.211. The first kappa shape index (κ1) is 69.8. The van der Waals surface area contributed by atoms with Crippen LogP contribution in [-0.2, 0) is 23.7 Å². The Hall–Kier alpha value is -1.27. The Morgan fingerprint density at radius 3 is 1.27 bits per heavy atom. The number of carbonyl (C=O) groups excluding carboxylic acids is 1. The molecule has 2 heterocycles. The average molecular weight is 1070 g/mol. The first-order valence-electron chi connectivity index (χ1n) is 31.4. The molecule has 2 rings (SSSR count). The van der Waals surface area contributed by atoms with E-state index in [4.69, 9.17) is 18.9 Å². The van der Waals surface area contributed by atoms with Crippen LogP contribution in [0.4, 0.5) is 0 Å². The highest BCUT2D eigenvalue weighted by atomic mass is 16.7. The van der Waals surface area contributed by atoms with E-state index in [1.54, 1.807) is 0 Å². The van der Waals surface area contributed by atoms with Gasteiger partial charge in [0.05, 0.1) is 32.0 Å².